The summed E-state index contributed by atoms with van der Waals surface area (Å²) < 4.78 is 6.46. The third-order valence-electron chi connectivity index (χ3n) is 3.54. The molecule has 0 aromatic heterocycles. The van der Waals surface area contributed by atoms with Gasteiger partial charge in [-0.3, -0.25) is 4.79 Å². The number of halogens is 1. The highest BCUT2D eigenvalue weighted by molar-refractivity contribution is 9.10. The van der Waals surface area contributed by atoms with Crippen molar-refractivity contribution in [2.24, 2.45) is 0 Å². The standard InChI is InChI=1S/C20H14BrNO4/c21-14-6-4-5-13(11-14)19(23)22-18-12-16(9-10-17(18)20(24)25)26-15-7-2-1-3-8-15/h1-12H,(H,22,23)(H,24,25). The van der Waals surface area contributed by atoms with Gasteiger partial charge in [0.1, 0.15) is 11.5 Å². The van der Waals surface area contributed by atoms with Crippen LogP contribution in [0, 0.1) is 0 Å². The number of hydrogen-bond donors (Lipinski definition) is 2. The fraction of sp³-hybridized carbons (Fsp3) is 0. The largest absolute Gasteiger partial charge is 0.478 e. The number of amides is 1. The molecule has 0 bridgehead atoms. The minimum absolute atomic E-state index is 0.0197. The van der Waals surface area contributed by atoms with E-state index in [1.165, 1.54) is 12.1 Å². The molecule has 0 radical (unpaired) electrons. The van der Waals surface area contributed by atoms with Crippen molar-refractivity contribution < 1.29 is 19.4 Å². The molecule has 130 valence electrons. The molecule has 0 aliphatic carbocycles. The van der Waals surface area contributed by atoms with Crippen molar-refractivity contribution in [3.05, 3.63) is 88.4 Å². The van der Waals surface area contributed by atoms with E-state index in [0.717, 1.165) is 4.47 Å². The molecule has 3 aromatic rings. The third kappa shape index (κ3) is 4.29. The van der Waals surface area contributed by atoms with Crippen LogP contribution in [0.1, 0.15) is 20.7 Å². The Morgan fingerprint density at radius 1 is 0.885 bits per heavy atom. The molecule has 0 spiro atoms. The smallest absolute Gasteiger partial charge is 0.337 e. The van der Waals surface area contributed by atoms with Crippen molar-refractivity contribution in [3.8, 4) is 11.5 Å². The number of anilines is 1. The van der Waals surface area contributed by atoms with Gasteiger partial charge < -0.3 is 15.2 Å². The lowest BCUT2D eigenvalue weighted by Crippen LogP contribution is -2.15. The third-order valence-corrected chi connectivity index (χ3v) is 4.03. The van der Waals surface area contributed by atoms with Crippen molar-refractivity contribution >= 4 is 33.5 Å². The van der Waals surface area contributed by atoms with Gasteiger partial charge in [-0.25, -0.2) is 4.79 Å². The maximum absolute atomic E-state index is 12.4. The van der Waals surface area contributed by atoms with E-state index in [1.54, 1.807) is 42.5 Å². The van der Waals surface area contributed by atoms with E-state index in [0.29, 0.717) is 17.1 Å². The van der Waals surface area contributed by atoms with Gasteiger partial charge in [0, 0.05) is 16.1 Å². The topological polar surface area (TPSA) is 75.6 Å². The van der Waals surface area contributed by atoms with Crippen molar-refractivity contribution in [1.29, 1.82) is 0 Å². The molecule has 2 N–H and O–H groups in total. The zero-order valence-electron chi connectivity index (χ0n) is 13.5. The maximum atomic E-state index is 12.4. The van der Waals surface area contributed by atoms with Crippen molar-refractivity contribution in [2.75, 3.05) is 5.32 Å². The quantitative estimate of drug-likeness (QED) is 0.605. The van der Waals surface area contributed by atoms with Crippen LogP contribution in [-0.2, 0) is 0 Å². The highest BCUT2D eigenvalue weighted by atomic mass is 79.9. The van der Waals surface area contributed by atoms with E-state index in [9.17, 15) is 14.7 Å². The molecule has 0 aliphatic rings. The number of carboxylic acid groups (broad SMARTS) is 1. The van der Waals surface area contributed by atoms with Crippen LogP contribution in [0.15, 0.2) is 77.3 Å². The lowest BCUT2D eigenvalue weighted by molar-refractivity contribution is 0.0698. The van der Waals surface area contributed by atoms with Crippen LogP contribution in [0.2, 0.25) is 0 Å². The summed E-state index contributed by atoms with van der Waals surface area (Å²) in [6, 6.07) is 20.4. The molecular formula is C20H14BrNO4. The molecule has 0 saturated heterocycles. The molecule has 1 amide bonds. The lowest BCUT2D eigenvalue weighted by Gasteiger charge is -2.12. The number of carbonyl (C=O) groups excluding carboxylic acids is 1. The highest BCUT2D eigenvalue weighted by Gasteiger charge is 2.15. The van der Waals surface area contributed by atoms with Crippen LogP contribution >= 0.6 is 15.9 Å². The number of benzene rings is 3. The van der Waals surface area contributed by atoms with Gasteiger partial charge in [-0.05, 0) is 42.5 Å². The van der Waals surface area contributed by atoms with E-state index in [4.69, 9.17) is 4.74 Å². The number of carboxylic acids is 1. The number of aromatic carboxylic acids is 1. The predicted octanol–water partition coefficient (Wildman–Crippen LogP) is 5.19. The lowest BCUT2D eigenvalue weighted by atomic mass is 10.1. The van der Waals surface area contributed by atoms with Crippen molar-refractivity contribution in [1.82, 2.24) is 0 Å². The summed E-state index contributed by atoms with van der Waals surface area (Å²) in [6.45, 7) is 0. The second kappa shape index (κ2) is 7.84. The summed E-state index contributed by atoms with van der Waals surface area (Å²) >= 11 is 3.31. The Kier molecular flexibility index (Phi) is 5.34. The monoisotopic (exact) mass is 411 g/mol. The van der Waals surface area contributed by atoms with Crippen LogP contribution in [0.5, 0.6) is 11.5 Å². The molecule has 0 unspecified atom stereocenters. The van der Waals surface area contributed by atoms with Crippen molar-refractivity contribution in [2.45, 2.75) is 0 Å². The fourth-order valence-corrected chi connectivity index (χ4v) is 2.72. The van der Waals surface area contributed by atoms with E-state index in [2.05, 4.69) is 21.2 Å². The van der Waals surface area contributed by atoms with Crippen LogP contribution in [0.3, 0.4) is 0 Å². The zero-order valence-corrected chi connectivity index (χ0v) is 15.1. The van der Waals surface area contributed by atoms with E-state index in [-0.39, 0.29) is 11.3 Å². The number of carbonyl (C=O) groups is 2. The Morgan fingerprint density at radius 3 is 2.35 bits per heavy atom. The van der Waals surface area contributed by atoms with Crippen LogP contribution in [0.25, 0.3) is 0 Å². The predicted molar refractivity (Wildman–Crippen MR) is 102 cm³/mol. The summed E-state index contributed by atoms with van der Waals surface area (Å²) in [5.41, 5.74) is 0.551. The zero-order chi connectivity index (χ0) is 18.5. The van der Waals surface area contributed by atoms with Crippen LogP contribution in [0.4, 0.5) is 5.69 Å². The maximum Gasteiger partial charge on any atom is 0.337 e. The molecule has 5 nitrogen and oxygen atoms in total. The van der Waals surface area contributed by atoms with Gasteiger partial charge in [0.15, 0.2) is 0 Å². The van der Waals surface area contributed by atoms with E-state index < -0.39 is 11.9 Å². The van der Waals surface area contributed by atoms with Gasteiger partial charge >= 0.3 is 5.97 Å². The molecule has 0 heterocycles. The highest BCUT2D eigenvalue weighted by Crippen LogP contribution is 2.27. The van der Waals surface area contributed by atoms with Gasteiger partial charge in [0.05, 0.1) is 11.3 Å². The first-order valence-corrected chi connectivity index (χ1v) is 8.49. The van der Waals surface area contributed by atoms with Gasteiger partial charge in [-0.15, -0.1) is 0 Å². The Balaban J connectivity index is 1.89. The van der Waals surface area contributed by atoms with E-state index >= 15 is 0 Å². The normalized spacial score (nSPS) is 10.2. The number of rotatable bonds is 5. The Morgan fingerprint density at radius 2 is 1.65 bits per heavy atom. The SMILES string of the molecule is O=C(Nc1cc(Oc2ccccc2)ccc1C(=O)O)c1cccc(Br)c1. The molecule has 0 fully saturated rings. The number of hydrogen-bond acceptors (Lipinski definition) is 3. The van der Waals surface area contributed by atoms with E-state index in [1.807, 2.05) is 18.2 Å². The van der Waals surface area contributed by atoms with Gasteiger partial charge in [-0.1, -0.05) is 40.2 Å². The summed E-state index contributed by atoms with van der Waals surface area (Å²) in [5.74, 6) is -0.517. The minimum Gasteiger partial charge on any atom is -0.478 e. The molecule has 0 atom stereocenters. The molecule has 3 rings (SSSR count). The molecule has 6 heteroatoms. The second-order valence-electron chi connectivity index (χ2n) is 5.39. The second-order valence-corrected chi connectivity index (χ2v) is 6.31. The molecular weight excluding hydrogens is 398 g/mol. The average Bonchev–Trinajstić information content (AvgIpc) is 2.62. The van der Waals surface area contributed by atoms with Crippen LogP contribution < -0.4 is 10.1 Å². The number of para-hydroxylation sites is 1. The number of nitrogens with one attached hydrogen (secondary N) is 1. The molecule has 26 heavy (non-hydrogen) atoms. The first-order chi connectivity index (χ1) is 12.5. The summed E-state index contributed by atoms with van der Waals surface area (Å²) in [7, 11) is 0. The number of ether oxygens (including phenoxy) is 1. The van der Waals surface area contributed by atoms with Gasteiger partial charge in [-0.2, -0.15) is 0 Å². The Hall–Kier alpha value is -3.12. The van der Waals surface area contributed by atoms with Gasteiger partial charge in [0.25, 0.3) is 5.91 Å². The van der Waals surface area contributed by atoms with Gasteiger partial charge in [0.2, 0.25) is 0 Å². The Labute approximate surface area is 158 Å². The van der Waals surface area contributed by atoms with Crippen molar-refractivity contribution in [3.63, 3.8) is 0 Å². The first kappa shape index (κ1) is 17.7. The summed E-state index contributed by atoms with van der Waals surface area (Å²) in [6.07, 6.45) is 0. The fourth-order valence-electron chi connectivity index (χ4n) is 2.33. The molecule has 0 aliphatic heterocycles. The summed E-state index contributed by atoms with van der Waals surface area (Å²) in [5, 5.41) is 12.0. The average molecular weight is 412 g/mol. The minimum atomic E-state index is -1.14. The Bertz CT molecular complexity index is 957. The molecule has 0 saturated carbocycles. The first-order valence-electron chi connectivity index (χ1n) is 7.70. The summed E-state index contributed by atoms with van der Waals surface area (Å²) in [4.78, 5) is 23.9. The van der Waals surface area contributed by atoms with Crippen LogP contribution in [-0.4, -0.2) is 17.0 Å². The molecule has 3 aromatic carbocycles.